The van der Waals surface area contributed by atoms with Crippen molar-refractivity contribution in [3.05, 3.63) is 23.8 Å². The predicted octanol–water partition coefficient (Wildman–Crippen LogP) is 2.13. The van der Waals surface area contributed by atoms with E-state index in [4.69, 9.17) is 9.47 Å². The van der Waals surface area contributed by atoms with Crippen molar-refractivity contribution in [3.8, 4) is 11.5 Å². The molecule has 2 N–H and O–H groups in total. The van der Waals surface area contributed by atoms with E-state index in [-0.39, 0.29) is 5.92 Å². The van der Waals surface area contributed by atoms with Gasteiger partial charge in [0.15, 0.2) is 11.5 Å². The Labute approximate surface area is 120 Å². The second kappa shape index (κ2) is 6.02. The molecule has 3 unspecified atom stereocenters. The van der Waals surface area contributed by atoms with Crippen molar-refractivity contribution in [2.45, 2.75) is 25.9 Å². The van der Waals surface area contributed by atoms with Gasteiger partial charge in [-0.25, -0.2) is 0 Å². The monoisotopic (exact) mass is 277 g/mol. The Hall–Kier alpha value is -1.26. The second-order valence-electron chi connectivity index (χ2n) is 5.98. The fraction of sp³-hybridized carbons (Fsp3) is 0.625. The van der Waals surface area contributed by atoms with Gasteiger partial charge in [-0.1, -0.05) is 13.0 Å². The first-order valence-electron chi connectivity index (χ1n) is 7.52. The molecule has 0 radical (unpaired) electrons. The molecule has 0 aromatic heterocycles. The number of rotatable bonds is 2. The number of nitrogens with one attached hydrogen (secondary N) is 1. The zero-order chi connectivity index (χ0) is 13.9. The van der Waals surface area contributed by atoms with Gasteiger partial charge in [-0.05, 0) is 37.1 Å². The van der Waals surface area contributed by atoms with Crippen LogP contribution in [0.5, 0.6) is 11.5 Å². The van der Waals surface area contributed by atoms with Crippen LogP contribution in [0.3, 0.4) is 0 Å². The predicted molar refractivity (Wildman–Crippen MR) is 77.1 cm³/mol. The summed E-state index contributed by atoms with van der Waals surface area (Å²) in [7, 11) is 0. The molecule has 1 aromatic carbocycles. The SMILES string of the molecule is CC1COc2ccc(C(O)C3CCCNC3)cc2OC1. The molecule has 20 heavy (non-hydrogen) atoms. The topological polar surface area (TPSA) is 50.7 Å². The van der Waals surface area contributed by atoms with Crippen LogP contribution in [-0.4, -0.2) is 31.4 Å². The Morgan fingerprint density at radius 3 is 2.80 bits per heavy atom. The van der Waals surface area contributed by atoms with Gasteiger partial charge in [0.2, 0.25) is 0 Å². The third-order valence-corrected chi connectivity index (χ3v) is 4.14. The molecule has 2 aliphatic rings. The largest absolute Gasteiger partial charge is 0.489 e. The summed E-state index contributed by atoms with van der Waals surface area (Å²) in [6, 6.07) is 5.81. The van der Waals surface area contributed by atoms with Gasteiger partial charge in [-0.2, -0.15) is 0 Å². The number of aliphatic hydroxyl groups is 1. The molecule has 1 saturated heterocycles. The number of aliphatic hydroxyl groups excluding tert-OH is 1. The van der Waals surface area contributed by atoms with Gasteiger partial charge in [0.25, 0.3) is 0 Å². The first-order valence-corrected chi connectivity index (χ1v) is 7.52. The Kier molecular flexibility index (Phi) is 4.13. The lowest BCUT2D eigenvalue weighted by atomic mass is 9.89. The first-order chi connectivity index (χ1) is 9.74. The van der Waals surface area contributed by atoms with E-state index in [0.29, 0.717) is 19.1 Å². The zero-order valence-electron chi connectivity index (χ0n) is 12.0. The van der Waals surface area contributed by atoms with Crippen LogP contribution in [-0.2, 0) is 0 Å². The highest BCUT2D eigenvalue weighted by molar-refractivity contribution is 5.44. The van der Waals surface area contributed by atoms with Gasteiger partial charge in [-0.3, -0.25) is 0 Å². The summed E-state index contributed by atoms with van der Waals surface area (Å²) in [6.45, 7) is 5.39. The lowest BCUT2D eigenvalue weighted by Crippen LogP contribution is -2.33. The van der Waals surface area contributed by atoms with E-state index in [2.05, 4.69) is 12.2 Å². The lowest BCUT2D eigenvalue weighted by molar-refractivity contribution is 0.0918. The maximum atomic E-state index is 10.5. The molecule has 2 heterocycles. The lowest BCUT2D eigenvalue weighted by Gasteiger charge is -2.27. The molecule has 2 aliphatic heterocycles. The normalized spacial score (nSPS) is 27.7. The molecule has 3 atom stereocenters. The highest BCUT2D eigenvalue weighted by Gasteiger charge is 2.24. The maximum Gasteiger partial charge on any atom is 0.161 e. The fourth-order valence-corrected chi connectivity index (χ4v) is 2.87. The van der Waals surface area contributed by atoms with E-state index in [1.165, 1.54) is 0 Å². The van der Waals surface area contributed by atoms with Gasteiger partial charge in [-0.15, -0.1) is 0 Å². The molecule has 4 nitrogen and oxygen atoms in total. The zero-order valence-corrected chi connectivity index (χ0v) is 12.0. The number of piperidine rings is 1. The molecule has 110 valence electrons. The summed E-state index contributed by atoms with van der Waals surface area (Å²) >= 11 is 0. The van der Waals surface area contributed by atoms with Crippen LogP contribution >= 0.6 is 0 Å². The van der Waals surface area contributed by atoms with Crippen LogP contribution in [0.2, 0.25) is 0 Å². The molecule has 0 aliphatic carbocycles. The maximum absolute atomic E-state index is 10.5. The van der Waals surface area contributed by atoms with Crippen LogP contribution in [0.25, 0.3) is 0 Å². The Morgan fingerprint density at radius 1 is 1.25 bits per heavy atom. The van der Waals surface area contributed by atoms with Crippen LogP contribution in [0, 0.1) is 11.8 Å². The van der Waals surface area contributed by atoms with Crippen molar-refractivity contribution in [2.75, 3.05) is 26.3 Å². The Bertz CT molecular complexity index is 457. The Balaban J connectivity index is 1.77. The summed E-state index contributed by atoms with van der Waals surface area (Å²) in [5.74, 6) is 2.22. The van der Waals surface area contributed by atoms with Crippen LogP contribution in [0.1, 0.15) is 31.4 Å². The molecular formula is C16H23NO3. The van der Waals surface area contributed by atoms with Crippen molar-refractivity contribution in [1.82, 2.24) is 5.32 Å². The number of fused-ring (bicyclic) bond motifs is 1. The minimum absolute atomic E-state index is 0.285. The first kappa shape index (κ1) is 13.7. The van der Waals surface area contributed by atoms with Crippen molar-refractivity contribution in [1.29, 1.82) is 0 Å². The van der Waals surface area contributed by atoms with Crippen LogP contribution in [0.4, 0.5) is 0 Å². The number of ether oxygens (including phenoxy) is 2. The fourth-order valence-electron chi connectivity index (χ4n) is 2.87. The summed E-state index contributed by atoms with van der Waals surface area (Å²) in [5.41, 5.74) is 0.926. The number of hydrogen-bond acceptors (Lipinski definition) is 4. The van der Waals surface area contributed by atoms with Gasteiger partial charge in [0.1, 0.15) is 0 Å². The number of benzene rings is 1. The summed E-state index contributed by atoms with van der Waals surface area (Å²) < 4.78 is 11.5. The summed E-state index contributed by atoms with van der Waals surface area (Å²) in [5, 5.41) is 13.9. The van der Waals surface area contributed by atoms with Crippen molar-refractivity contribution in [3.63, 3.8) is 0 Å². The standard InChI is InChI=1S/C16H23NO3/c1-11-9-19-14-5-4-12(7-15(14)20-10-11)16(18)13-3-2-6-17-8-13/h4-5,7,11,13,16-18H,2-3,6,8-10H2,1H3. The summed E-state index contributed by atoms with van der Waals surface area (Å²) in [4.78, 5) is 0. The minimum Gasteiger partial charge on any atom is -0.489 e. The van der Waals surface area contributed by atoms with Crippen molar-refractivity contribution >= 4 is 0 Å². The highest BCUT2D eigenvalue weighted by atomic mass is 16.5. The molecule has 1 fully saturated rings. The van der Waals surface area contributed by atoms with E-state index in [1.54, 1.807) is 0 Å². The van der Waals surface area contributed by atoms with Gasteiger partial charge in [0, 0.05) is 18.4 Å². The molecule has 4 heteroatoms. The van der Waals surface area contributed by atoms with E-state index in [0.717, 1.165) is 43.0 Å². The smallest absolute Gasteiger partial charge is 0.161 e. The average Bonchev–Trinajstić information content (AvgIpc) is 2.69. The van der Waals surface area contributed by atoms with E-state index in [9.17, 15) is 5.11 Å². The number of hydrogen-bond donors (Lipinski definition) is 2. The van der Waals surface area contributed by atoms with Gasteiger partial charge < -0.3 is 19.9 Å². The van der Waals surface area contributed by atoms with Gasteiger partial charge >= 0.3 is 0 Å². The third kappa shape index (κ3) is 2.91. The van der Waals surface area contributed by atoms with Gasteiger partial charge in [0.05, 0.1) is 19.3 Å². The minimum atomic E-state index is -0.433. The quantitative estimate of drug-likeness (QED) is 0.869. The van der Waals surface area contributed by atoms with E-state index >= 15 is 0 Å². The molecule has 0 amide bonds. The van der Waals surface area contributed by atoms with Crippen molar-refractivity contribution < 1.29 is 14.6 Å². The van der Waals surface area contributed by atoms with Crippen LogP contribution < -0.4 is 14.8 Å². The Morgan fingerprint density at radius 2 is 2.05 bits per heavy atom. The molecule has 1 aromatic rings. The molecule has 0 spiro atoms. The molecule has 0 saturated carbocycles. The molecular weight excluding hydrogens is 254 g/mol. The van der Waals surface area contributed by atoms with E-state index < -0.39 is 6.10 Å². The van der Waals surface area contributed by atoms with Crippen molar-refractivity contribution in [2.24, 2.45) is 11.8 Å². The molecule has 0 bridgehead atoms. The summed E-state index contributed by atoms with van der Waals surface area (Å²) in [6.07, 6.45) is 1.76. The highest BCUT2D eigenvalue weighted by Crippen LogP contribution is 2.35. The van der Waals surface area contributed by atoms with Crippen LogP contribution in [0.15, 0.2) is 18.2 Å². The van der Waals surface area contributed by atoms with E-state index in [1.807, 2.05) is 18.2 Å². The average molecular weight is 277 g/mol. The molecule has 3 rings (SSSR count). The third-order valence-electron chi connectivity index (χ3n) is 4.14. The second-order valence-corrected chi connectivity index (χ2v) is 5.98.